The van der Waals surface area contributed by atoms with Crippen LogP contribution in [-0.2, 0) is 0 Å². The lowest BCUT2D eigenvalue weighted by molar-refractivity contribution is 0.131. The zero-order chi connectivity index (χ0) is 19.9. The molecule has 152 valence electrons. The molecule has 2 rings (SSSR count). The fourth-order valence-electron chi connectivity index (χ4n) is 3.68. The van der Waals surface area contributed by atoms with E-state index in [0.29, 0.717) is 5.41 Å². The molecule has 1 aromatic carbocycles. The van der Waals surface area contributed by atoms with E-state index in [0.717, 1.165) is 30.5 Å². The number of nitrogens with zero attached hydrogens (tertiary/aromatic N) is 2. The van der Waals surface area contributed by atoms with Crippen molar-refractivity contribution in [3.63, 3.8) is 0 Å². The minimum absolute atomic E-state index is 0.187. The van der Waals surface area contributed by atoms with Gasteiger partial charge in [0.25, 0.3) is 0 Å². The van der Waals surface area contributed by atoms with Crippen LogP contribution in [0, 0.1) is 5.41 Å². The molecule has 6 nitrogen and oxygen atoms in total. The van der Waals surface area contributed by atoms with E-state index in [2.05, 4.69) is 47.6 Å². The smallest absolute Gasteiger partial charge is 0.191 e. The summed E-state index contributed by atoms with van der Waals surface area (Å²) in [5.41, 5.74) is 1.63. The maximum Gasteiger partial charge on any atom is 0.191 e. The Morgan fingerprint density at radius 1 is 1.19 bits per heavy atom. The number of hydrogen-bond acceptors (Lipinski definition) is 4. The summed E-state index contributed by atoms with van der Waals surface area (Å²) in [5.74, 6) is 2.36. The largest absolute Gasteiger partial charge is 0.493 e. The Bertz CT molecular complexity index is 621. The zero-order valence-electron chi connectivity index (χ0n) is 17.8. The van der Waals surface area contributed by atoms with Crippen molar-refractivity contribution < 1.29 is 9.47 Å². The molecule has 1 atom stereocenters. The van der Waals surface area contributed by atoms with Gasteiger partial charge in [-0.1, -0.05) is 19.4 Å². The monoisotopic (exact) mass is 376 g/mol. The molecule has 1 saturated carbocycles. The van der Waals surface area contributed by atoms with Crippen LogP contribution in [0.2, 0.25) is 0 Å². The van der Waals surface area contributed by atoms with Crippen LogP contribution in [0.15, 0.2) is 23.2 Å². The van der Waals surface area contributed by atoms with Crippen LogP contribution in [-0.4, -0.2) is 59.3 Å². The highest BCUT2D eigenvalue weighted by Gasteiger charge is 2.34. The van der Waals surface area contributed by atoms with Crippen LogP contribution < -0.4 is 20.1 Å². The van der Waals surface area contributed by atoms with Crippen molar-refractivity contribution >= 4 is 5.96 Å². The lowest BCUT2D eigenvalue weighted by Gasteiger charge is -2.41. The summed E-state index contributed by atoms with van der Waals surface area (Å²) in [6, 6.07) is 6.28. The fraction of sp³-hybridized carbons (Fsp3) is 0.667. The van der Waals surface area contributed by atoms with Gasteiger partial charge in [-0.3, -0.25) is 4.99 Å². The van der Waals surface area contributed by atoms with Crippen molar-refractivity contribution in [2.45, 2.75) is 38.6 Å². The molecular weight excluding hydrogens is 340 g/mol. The SMILES string of the molecule is CCC1(CNC(=NC)NCC(c2ccc(OC)c(OC)c2)N(C)C)CCC1. The van der Waals surface area contributed by atoms with Gasteiger partial charge in [0.1, 0.15) is 0 Å². The third-order valence-electron chi connectivity index (χ3n) is 5.90. The minimum Gasteiger partial charge on any atom is -0.493 e. The van der Waals surface area contributed by atoms with Crippen molar-refractivity contribution in [1.29, 1.82) is 0 Å². The standard InChI is InChI=1S/C21H36N4O2/c1-7-21(11-8-12-21)15-24-20(22-2)23-14-17(25(3)4)16-9-10-18(26-5)19(13-16)27-6/h9-10,13,17H,7-8,11-12,14-15H2,1-6H3,(H2,22,23,24). The van der Waals surface area contributed by atoms with Gasteiger partial charge >= 0.3 is 0 Å². The summed E-state index contributed by atoms with van der Waals surface area (Å²) in [6.07, 6.45) is 5.21. The molecule has 0 amide bonds. The van der Waals surface area contributed by atoms with Crippen molar-refractivity contribution in [2.24, 2.45) is 10.4 Å². The summed E-state index contributed by atoms with van der Waals surface area (Å²) in [4.78, 5) is 6.60. The zero-order valence-corrected chi connectivity index (χ0v) is 17.8. The normalized spacial score (nSPS) is 17.2. The van der Waals surface area contributed by atoms with E-state index in [-0.39, 0.29) is 6.04 Å². The molecule has 6 heteroatoms. The minimum atomic E-state index is 0.187. The van der Waals surface area contributed by atoms with Crippen LogP contribution in [0.25, 0.3) is 0 Å². The summed E-state index contributed by atoms with van der Waals surface area (Å²) in [5, 5.41) is 7.01. The van der Waals surface area contributed by atoms with Gasteiger partial charge in [-0.2, -0.15) is 0 Å². The van der Waals surface area contributed by atoms with Crippen molar-refractivity contribution in [3.05, 3.63) is 23.8 Å². The number of hydrogen-bond donors (Lipinski definition) is 2. The summed E-state index contributed by atoms with van der Waals surface area (Å²) in [7, 11) is 9.32. The molecule has 0 spiro atoms. The maximum absolute atomic E-state index is 5.46. The highest BCUT2D eigenvalue weighted by atomic mass is 16.5. The van der Waals surface area contributed by atoms with Crippen LogP contribution in [0.5, 0.6) is 11.5 Å². The molecule has 0 bridgehead atoms. The van der Waals surface area contributed by atoms with Gasteiger partial charge in [0.05, 0.1) is 20.3 Å². The van der Waals surface area contributed by atoms with Gasteiger partial charge in [0.15, 0.2) is 17.5 Å². The molecule has 1 unspecified atom stereocenters. The topological polar surface area (TPSA) is 58.1 Å². The molecule has 27 heavy (non-hydrogen) atoms. The van der Waals surface area contributed by atoms with E-state index in [4.69, 9.17) is 9.47 Å². The van der Waals surface area contributed by atoms with Gasteiger partial charge in [0, 0.05) is 20.1 Å². The number of nitrogens with one attached hydrogen (secondary N) is 2. The quantitative estimate of drug-likeness (QED) is 0.512. The van der Waals surface area contributed by atoms with E-state index in [1.165, 1.54) is 31.2 Å². The van der Waals surface area contributed by atoms with Gasteiger partial charge in [-0.05, 0) is 56.5 Å². The van der Waals surface area contributed by atoms with Crippen molar-refractivity contribution in [1.82, 2.24) is 15.5 Å². The predicted octanol–water partition coefficient (Wildman–Crippen LogP) is 3.05. The molecule has 0 saturated heterocycles. The fourth-order valence-corrected chi connectivity index (χ4v) is 3.68. The number of likely N-dealkylation sites (N-methyl/N-ethyl adjacent to an activating group) is 1. The summed E-state index contributed by atoms with van der Waals surface area (Å²) in [6.45, 7) is 4.03. The van der Waals surface area contributed by atoms with E-state index in [9.17, 15) is 0 Å². The Morgan fingerprint density at radius 3 is 2.37 bits per heavy atom. The van der Waals surface area contributed by atoms with E-state index < -0.39 is 0 Å². The molecular formula is C21H36N4O2. The average molecular weight is 377 g/mol. The Hall–Kier alpha value is -1.95. The second-order valence-corrected chi connectivity index (χ2v) is 7.61. The van der Waals surface area contributed by atoms with Crippen LogP contribution in [0.4, 0.5) is 0 Å². The molecule has 2 N–H and O–H groups in total. The van der Waals surface area contributed by atoms with Gasteiger partial charge < -0.3 is 25.0 Å². The molecule has 1 aliphatic rings. The Balaban J connectivity index is 2.01. The second kappa shape index (κ2) is 9.83. The van der Waals surface area contributed by atoms with E-state index in [1.54, 1.807) is 14.2 Å². The first kappa shape index (κ1) is 21.4. The third kappa shape index (κ3) is 5.28. The first-order valence-corrected chi connectivity index (χ1v) is 9.81. The van der Waals surface area contributed by atoms with Crippen molar-refractivity contribution in [2.75, 3.05) is 48.5 Å². The van der Waals surface area contributed by atoms with Crippen LogP contribution in [0.1, 0.15) is 44.2 Å². The molecule has 0 aromatic heterocycles. The number of ether oxygens (including phenoxy) is 2. The lowest BCUT2D eigenvalue weighted by atomic mass is 9.67. The van der Waals surface area contributed by atoms with Crippen LogP contribution in [0.3, 0.4) is 0 Å². The van der Waals surface area contributed by atoms with Crippen LogP contribution >= 0.6 is 0 Å². The first-order valence-electron chi connectivity index (χ1n) is 9.81. The number of benzene rings is 1. The highest BCUT2D eigenvalue weighted by molar-refractivity contribution is 5.79. The highest BCUT2D eigenvalue weighted by Crippen LogP contribution is 2.43. The van der Waals surface area contributed by atoms with Gasteiger partial charge in [0.2, 0.25) is 0 Å². The van der Waals surface area contributed by atoms with E-state index >= 15 is 0 Å². The van der Waals surface area contributed by atoms with Gasteiger partial charge in [-0.25, -0.2) is 0 Å². The predicted molar refractivity (Wildman–Crippen MR) is 112 cm³/mol. The Labute approximate surface area is 164 Å². The molecule has 0 heterocycles. The van der Waals surface area contributed by atoms with Gasteiger partial charge in [-0.15, -0.1) is 0 Å². The van der Waals surface area contributed by atoms with E-state index in [1.807, 2.05) is 19.2 Å². The number of rotatable bonds is 9. The molecule has 1 fully saturated rings. The molecule has 0 aliphatic heterocycles. The molecule has 0 radical (unpaired) electrons. The molecule has 1 aliphatic carbocycles. The Morgan fingerprint density at radius 2 is 1.89 bits per heavy atom. The average Bonchev–Trinajstić information content (AvgIpc) is 2.65. The first-order chi connectivity index (χ1) is 13.0. The number of methoxy groups -OCH3 is 2. The van der Waals surface area contributed by atoms with Crippen molar-refractivity contribution in [3.8, 4) is 11.5 Å². The Kier molecular flexibility index (Phi) is 7.78. The summed E-state index contributed by atoms with van der Waals surface area (Å²) >= 11 is 0. The number of aliphatic imine (C=N–C) groups is 1. The molecule has 1 aromatic rings. The second-order valence-electron chi connectivity index (χ2n) is 7.61. The lowest BCUT2D eigenvalue weighted by Crippen LogP contribution is -2.47. The third-order valence-corrected chi connectivity index (χ3v) is 5.90. The summed E-state index contributed by atoms with van der Waals surface area (Å²) < 4.78 is 10.8. The maximum atomic E-state index is 5.46. The number of guanidine groups is 1.